The molecule has 0 bridgehead atoms. The third-order valence-corrected chi connectivity index (χ3v) is 2.33. The third-order valence-electron chi connectivity index (χ3n) is 2.33. The van der Waals surface area contributed by atoms with Crippen LogP contribution >= 0.6 is 0 Å². The lowest BCUT2D eigenvalue weighted by Gasteiger charge is -2.04. The van der Waals surface area contributed by atoms with Crippen LogP contribution in [0.5, 0.6) is 0 Å². The van der Waals surface area contributed by atoms with E-state index in [1.165, 1.54) is 38.5 Å². The summed E-state index contributed by atoms with van der Waals surface area (Å²) in [5.41, 5.74) is 0. The predicted molar refractivity (Wildman–Crippen MR) is 54.2 cm³/mol. The van der Waals surface area contributed by atoms with Gasteiger partial charge in [0.25, 0.3) is 0 Å². The van der Waals surface area contributed by atoms with E-state index in [-0.39, 0.29) is 6.61 Å². The van der Waals surface area contributed by atoms with Crippen LogP contribution in [-0.4, -0.2) is 17.8 Å². The molecule has 1 N–H and O–H groups in total. The summed E-state index contributed by atoms with van der Waals surface area (Å²) >= 11 is 0. The molecule has 0 aromatic rings. The van der Waals surface area contributed by atoms with E-state index in [2.05, 4.69) is 6.92 Å². The first-order valence-corrected chi connectivity index (χ1v) is 5.57. The molecule has 1 atom stereocenters. The van der Waals surface area contributed by atoms with Gasteiger partial charge in [0.05, 0.1) is 6.10 Å². The number of aliphatic hydroxyl groups excluding tert-OH is 1. The number of unbranched alkanes of at least 4 members (excludes halogenated alkanes) is 6. The number of hydrogen-bond donors (Lipinski definition) is 1. The van der Waals surface area contributed by atoms with Crippen molar-refractivity contribution in [3.63, 3.8) is 0 Å². The van der Waals surface area contributed by atoms with Crippen LogP contribution in [0.3, 0.4) is 0 Å². The van der Waals surface area contributed by atoms with E-state index in [4.69, 9.17) is 5.11 Å². The van der Waals surface area contributed by atoms with Crippen molar-refractivity contribution in [1.29, 1.82) is 0 Å². The highest BCUT2D eigenvalue weighted by atomic mass is 16.3. The molecule has 1 unspecified atom stereocenters. The van der Waals surface area contributed by atoms with E-state index in [0.717, 1.165) is 6.42 Å². The fourth-order valence-electron chi connectivity index (χ4n) is 1.42. The summed E-state index contributed by atoms with van der Waals surface area (Å²) in [6, 6.07) is 0. The van der Waals surface area contributed by atoms with Crippen molar-refractivity contribution < 1.29 is 10.2 Å². The smallest absolute Gasteiger partial charge is 0.108 e. The van der Waals surface area contributed by atoms with Gasteiger partial charge in [0.15, 0.2) is 0 Å². The Morgan fingerprint density at radius 3 is 2.08 bits per heavy atom. The van der Waals surface area contributed by atoms with Crippen molar-refractivity contribution in [3.05, 3.63) is 0 Å². The van der Waals surface area contributed by atoms with E-state index in [1.807, 2.05) is 0 Å². The number of hydrogen-bond acceptors (Lipinski definition) is 1. The topological polar surface area (TPSA) is 40.1 Å². The molecule has 0 rings (SSSR count). The van der Waals surface area contributed by atoms with Crippen molar-refractivity contribution in [2.24, 2.45) is 0 Å². The van der Waals surface area contributed by atoms with Gasteiger partial charge < -0.3 is 5.11 Å². The molecule has 1 radical (unpaired) electrons. The van der Waals surface area contributed by atoms with Crippen LogP contribution in [0, 0.1) is 0 Å². The second kappa shape index (κ2) is 10.0. The Balaban J connectivity index is 2.91. The zero-order valence-corrected chi connectivity index (χ0v) is 8.80. The zero-order valence-electron chi connectivity index (χ0n) is 8.80. The van der Waals surface area contributed by atoms with Crippen LogP contribution in [0.1, 0.15) is 58.3 Å². The van der Waals surface area contributed by atoms with Crippen LogP contribution in [0.25, 0.3) is 0 Å². The number of rotatable bonds is 9. The molecular formula is C11H23O2. The van der Waals surface area contributed by atoms with E-state index in [9.17, 15) is 5.11 Å². The molecule has 2 nitrogen and oxygen atoms in total. The van der Waals surface area contributed by atoms with Crippen LogP contribution < -0.4 is 0 Å². The monoisotopic (exact) mass is 187 g/mol. The molecule has 0 saturated carbocycles. The highest BCUT2D eigenvalue weighted by Crippen LogP contribution is 2.09. The van der Waals surface area contributed by atoms with Gasteiger partial charge in [-0.05, 0) is 6.42 Å². The van der Waals surface area contributed by atoms with Gasteiger partial charge in [-0.3, -0.25) is 0 Å². The summed E-state index contributed by atoms with van der Waals surface area (Å²) in [6.45, 7) is 1.88. The average molecular weight is 187 g/mol. The van der Waals surface area contributed by atoms with Crippen molar-refractivity contribution >= 4 is 0 Å². The van der Waals surface area contributed by atoms with E-state index in [0.29, 0.717) is 6.42 Å². The highest BCUT2D eigenvalue weighted by Gasteiger charge is 2.01. The minimum absolute atomic E-state index is 0.337. The third kappa shape index (κ3) is 9.84. The van der Waals surface area contributed by atoms with E-state index >= 15 is 0 Å². The van der Waals surface area contributed by atoms with Gasteiger partial charge >= 0.3 is 0 Å². The summed E-state index contributed by atoms with van der Waals surface area (Å²) in [5, 5.41) is 19.2. The van der Waals surface area contributed by atoms with Crippen LogP contribution in [0.2, 0.25) is 0 Å². The molecule has 0 aliphatic heterocycles. The summed E-state index contributed by atoms with van der Waals surface area (Å²) < 4.78 is 0. The summed E-state index contributed by atoms with van der Waals surface area (Å²) in [7, 11) is 0. The Kier molecular flexibility index (Phi) is 9.94. The Morgan fingerprint density at radius 2 is 1.54 bits per heavy atom. The molecule has 0 aliphatic rings. The number of aliphatic hydroxyl groups is 1. The summed E-state index contributed by atoms with van der Waals surface area (Å²) in [6.07, 6.45) is 8.79. The van der Waals surface area contributed by atoms with E-state index < -0.39 is 6.10 Å². The fourth-order valence-corrected chi connectivity index (χ4v) is 1.42. The molecule has 0 fully saturated rings. The molecule has 0 saturated heterocycles. The van der Waals surface area contributed by atoms with Gasteiger partial charge in [0.1, 0.15) is 6.61 Å². The van der Waals surface area contributed by atoms with Crippen LogP contribution in [0.15, 0.2) is 0 Å². The van der Waals surface area contributed by atoms with Gasteiger partial charge in [0, 0.05) is 0 Å². The zero-order chi connectivity index (χ0) is 9.94. The molecule has 0 spiro atoms. The highest BCUT2D eigenvalue weighted by molar-refractivity contribution is 4.53. The molecule has 79 valence electrons. The van der Waals surface area contributed by atoms with Gasteiger partial charge in [-0.15, -0.1) is 0 Å². The lowest BCUT2D eigenvalue weighted by atomic mass is 10.1. The summed E-state index contributed by atoms with van der Waals surface area (Å²) in [4.78, 5) is 0. The van der Waals surface area contributed by atoms with Crippen LogP contribution in [0.4, 0.5) is 0 Å². The van der Waals surface area contributed by atoms with Crippen molar-refractivity contribution in [2.45, 2.75) is 64.4 Å². The average Bonchev–Trinajstić information content (AvgIpc) is 2.16. The van der Waals surface area contributed by atoms with Crippen molar-refractivity contribution in [3.8, 4) is 0 Å². The lowest BCUT2D eigenvalue weighted by molar-refractivity contribution is 0.0485. The first kappa shape index (κ1) is 12.9. The first-order chi connectivity index (χ1) is 6.31. The molecule has 0 aromatic heterocycles. The molecule has 2 heteroatoms. The largest absolute Gasteiger partial charge is 0.391 e. The maximum atomic E-state index is 10.2. The Labute approximate surface area is 82.0 Å². The molecular weight excluding hydrogens is 164 g/mol. The Hall–Kier alpha value is -0.0800. The second-order valence-electron chi connectivity index (χ2n) is 3.73. The lowest BCUT2D eigenvalue weighted by Crippen LogP contribution is -2.09. The Morgan fingerprint density at radius 1 is 1.00 bits per heavy atom. The van der Waals surface area contributed by atoms with Crippen LogP contribution in [-0.2, 0) is 5.11 Å². The van der Waals surface area contributed by atoms with Gasteiger partial charge in [0.2, 0.25) is 0 Å². The first-order valence-electron chi connectivity index (χ1n) is 5.57. The normalized spacial score (nSPS) is 13.2. The fraction of sp³-hybridized carbons (Fsp3) is 1.00. The molecule has 0 amide bonds. The molecule has 0 aromatic carbocycles. The minimum atomic E-state index is -0.601. The second-order valence-corrected chi connectivity index (χ2v) is 3.73. The summed E-state index contributed by atoms with van der Waals surface area (Å²) in [5.74, 6) is 0. The molecule has 13 heavy (non-hydrogen) atoms. The SMILES string of the molecule is CCCCCCCCCC(O)C[O]. The van der Waals surface area contributed by atoms with Gasteiger partial charge in [-0.1, -0.05) is 51.9 Å². The molecule has 0 aliphatic carbocycles. The maximum absolute atomic E-state index is 10.2. The van der Waals surface area contributed by atoms with E-state index in [1.54, 1.807) is 0 Å². The predicted octanol–water partition coefficient (Wildman–Crippen LogP) is 2.92. The maximum Gasteiger partial charge on any atom is 0.108 e. The van der Waals surface area contributed by atoms with Gasteiger partial charge in [-0.25, -0.2) is 5.11 Å². The van der Waals surface area contributed by atoms with Gasteiger partial charge in [-0.2, -0.15) is 0 Å². The quantitative estimate of drug-likeness (QED) is 0.554. The van der Waals surface area contributed by atoms with Crippen molar-refractivity contribution in [2.75, 3.05) is 6.61 Å². The molecule has 0 heterocycles. The Bertz CT molecular complexity index is 94.1. The van der Waals surface area contributed by atoms with Crippen molar-refractivity contribution in [1.82, 2.24) is 0 Å². The minimum Gasteiger partial charge on any atom is -0.391 e. The standard InChI is InChI=1S/C11H23O2/c1-2-3-4-5-6-7-8-9-11(13)10-12/h11,13H,2-10H2,1H3.